The third-order valence-corrected chi connectivity index (χ3v) is 3.32. The van der Waals surface area contributed by atoms with Crippen LogP contribution in [-0.4, -0.2) is 43.5 Å². The normalized spacial score (nSPS) is 18.5. The second-order valence-corrected chi connectivity index (χ2v) is 4.51. The molecule has 19 heavy (non-hydrogen) atoms. The van der Waals surface area contributed by atoms with Gasteiger partial charge in [0.2, 0.25) is 11.7 Å². The van der Waals surface area contributed by atoms with Crippen LogP contribution in [0.5, 0.6) is 0 Å². The third-order valence-electron chi connectivity index (χ3n) is 3.32. The molecule has 1 amide bonds. The predicted molar refractivity (Wildman–Crippen MR) is 67.7 cm³/mol. The van der Waals surface area contributed by atoms with Gasteiger partial charge in [-0.2, -0.15) is 0 Å². The molecule has 6 heteroatoms. The van der Waals surface area contributed by atoms with Crippen LogP contribution in [0.1, 0.15) is 35.7 Å². The smallest absolute Gasteiger partial charge is 0.373 e. The first kappa shape index (κ1) is 13.6. The molecule has 0 spiro atoms. The second kappa shape index (κ2) is 5.88. The molecular weight excluding hydrogens is 248 g/mol. The summed E-state index contributed by atoms with van der Waals surface area (Å²) in [5.41, 5.74) is 0. The molecule has 104 valence electrons. The van der Waals surface area contributed by atoms with Gasteiger partial charge in [-0.1, -0.05) is 0 Å². The quantitative estimate of drug-likeness (QED) is 0.825. The topological polar surface area (TPSA) is 71.8 Å². The minimum absolute atomic E-state index is 0.0195. The van der Waals surface area contributed by atoms with Crippen molar-refractivity contribution in [2.24, 2.45) is 0 Å². The largest absolute Gasteiger partial charge is 0.463 e. The van der Waals surface area contributed by atoms with Gasteiger partial charge < -0.3 is 14.5 Å². The molecule has 0 saturated carbocycles. The van der Waals surface area contributed by atoms with Crippen molar-refractivity contribution < 1.29 is 18.7 Å². The highest BCUT2D eigenvalue weighted by atomic mass is 16.5. The number of rotatable bonds is 3. The van der Waals surface area contributed by atoms with Crippen molar-refractivity contribution in [3.8, 4) is 0 Å². The summed E-state index contributed by atoms with van der Waals surface area (Å²) in [5, 5.41) is 2.83. The maximum Gasteiger partial charge on any atom is 0.373 e. The van der Waals surface area contributed by atoms with Gasteiger partial charge in [0.15, 0.2) is 0 Å². The zero-order valence-corrected chi connectivity index (χ0v) is 11.1. The fourth-order valence-corrected chi connectivity index (χ4v) is 2.14. The molecule has 2 heterocycles. The molecule has 1 unspecified atom stereocenters. The fraction of sp³-hybridized carbons (Fsp3) is 0.538. The molecule has 2 rings (SSSR count). The van der Waals surface area contributed by atoms with E-state index in [1.807, 2.05) is 6.92 Å². The van der Waals surface area contributed by atoms with Crippen molar-refractivity contribution in [2.75, 3.05) is 26.7 Å². The molecule has 1 aliphatic rings. The molecule has 1 aromatic heterocycles. The van der Waals surface area contributed by atoms with Crippen LogP contribution in [0.25, 0.3) is 0 Å². The van der Waals surface area contributed by atoms with Crippen LogP contribution in [0.2, 0.25) is 0 Å². The third kappa shape index (κ3) is 3.14. The van der Waals surface area contributed by atoms with E-state index in [2.05, 4.69) is 15.0 Å². The van der Waals surface area contributed by atoms with E-state index in [1.165, 1.54) is 7.11 Å². The average Bonchev–Trinajstić information content (AvgIpc) is 2.81. The number of carbonyl (C=O) groups is 2. The molecule has 1 fully saturated rings. The zero-order valence-electron chi connectivity index (χ0n) is 11.1. The van der Waals surface area contributed by atoms with Crippen molar-refractivity contribution in [2.45, 2.75) is 19.4 Å². The van der Waals surface area contributed by atoms with E-state index >= 15 is 0 Å². The van der Waals surface area contributed by atoms with Crippen LogP contribution < -0.4 is 5.32 Å². The van der Waals surface area contributed by atoms with Gasteiger partial charge in [-0.3, -0.25) is 9.69 Å². The fourth-order valence-electron chi connectivity index (χ4n) is 2.14. The Hall–Kier alpha value is -1.82. The predicted octanol–water partition coefficient (Wildman–Crippen LogP) is 0.949. The van der Waals surface area contributed by atoms with Gasteiger partial charge in [0.05, 0.1) is 13.2 Å². The van der Waals surface area contributed by atoms with Gasteiger partial charge in [0, 0.05) is 26.1 Å². The van der Waals surface area contributed by atoms with Gasteiger partial charge >= 0.3 is 5.97 Å². The van der Waals surface area contributed by atoms with E-state index in [0.717, 1.165) is 6.54 Å². The van der Waals surface area contributed by atoms with Gasteiger partial charge in [-0.05, 0) is 19.1 Å². The van der Waals surface area contributed by atoms with Crippen molar-refractivity contribution in [1.82, 2.24) is 10.2 Å². The van der Waals surface area contributed by atoms with Crippen molar-refractivity contribution in [3.63, 3.8) is 0 Å². The number of nitrogens with one attached hydrogen (secondary N) is 1. The van der Waals surface area contributed by atoms with E-state index in [4.69, 9.17) is 4.42 Å². The van der Waals surface area contributed by atoms with Gasteiger partial charge in [0.1, 0.15) is 5.76 Å². The van der Waals surface area contributed by atoms with E-state index in [1.54, 1.807) is 12.1 Å². The maximum atomic E-state index is 11.3. The van der Waals surface area contributed by atoms with E-state index in [-0.39, 0.29) is 17.7 Å². The number of ether oxygens (including phenoxy) is 1. The summed E-state index contributed by atoms with van der Waals surface area (Å²) in [7, 11) is 1.32. The van der Waals surface area contributed by atoms with Crippen LogP contribution in [0.4, 0.5) is 0 Å². The van der Waals surface area contributed by atoms with E-state index in [9.17, 15) is 9.59 Å². The van der Waals surface area contributed by atoms with Crippen molar-refractivity contribution in [3.05, 3.63) is 23.7 Å². The summed E-state index contributed by atoms with van der Waals surface area (Å²) in [5.74, 6) is 0.499. The Morgan fingerprint density at radius 1 is 1.47 bits per heavy atom. The lowest BCUT2D eigenvalue weighted by Crippen LogP contribution is -2.30. The first-order chi connectivity index (χ1) is 9.11. The number of amides is 1. The lowest BCUT2D eigenvalue weighted by atomic mass is 10.2. The summed E-state index contributed by atoms with van der Waals surface area (Å²) in [4.78, 5) is 24.8. The number of esters is 1. The Bertz CT molecular complexity index is 469. The minimum atomic E-state index is -0.480. The highest BCUT2D eigenvalue weighted by Gasteiger charge is 2.23. The lowest BCUT2D eigenvalue weighted by molar-refractivity contribution is -0.120. The number of nitrogens with zero attached hydrogens (tertiary/aromatic N) is 1. The van der Waals surface area contributed by atoms with Crippen LogP contribution in [0.3, 0.4) is 0 Å². The Labute approximate surface area is 111 Å². The summed E-state index contributed by atoms with van der Waals surface area (Å²) < 4.78 is 10.1. The van der Waals surface area contributed by atoms with Gasteiger partial charge in [-0.25, -0.2) is 4.79 Å². The molecule has 6 nitrogen and oxygen atoms in total. The molecule has 1 aromatic rings. The SMILES string of the molecule is COC(=O)c1ccc(C(C)N2CCNC(=O)CC2)o1. The average molecular weight is 266 g/mol. The molecule has 0 bridgehead atoms. The van der Waals surface area contributed by atoms with Gasteiger partial charge in [-0.15, -0.1) is 0 Å². The van der Waals surface area contributed by atoms with E-state index in [0.29, 0.717) is 25.3 Å². The number of furan rings is 1. The maximum absolute atomic E-state index is 11.3. The van der Waals surface area contributed by atoms with E-state index < -0.39 is 5.97 Å². The van der Waals surface area contributed by atoms with Crippen molar-refractivity contribution >= 4 is 11.9 Å². The Morgan fingerprint density at radius 3 is 3.00 bits per heavy atom. The van der Waals surface area contributed by atoms with Gasteiger partial charge in [0.25, 0.3) is 0 Å². The second-order valence-electron chi connectivity index (χ2n) is 4.51. The molecule has 1 N–H and O–H groups in total. The highest BCUT2D eigenvalue weighted by Crippen LogP contribution is 2.23. The first-order valence-corrected chi connectivity index (χ1v) is 6.30. The molecular formula is C13H18N2O4. The molecule has 0 aliphatic carbocycles. The summed E-state index contributed by atoms with van der Waals surface area (Å²) in [6, 6.07) is 3.40. The standard InChI is InChI=1S/C13H18N2O4/c1-9(15-7-5-12(16)14-6-8-15)10-3-4-11(19-10)13(17)18-2/h3-4,9H,5-8H2,1-2H3,(H,14,16). The Morgan fingerprint density at radius 2 is 2.26 bits per heavy atom. The Kier molecular flexibility index (Phi) is 4.21. The van der Waals surface area contributed by atoms with Crippen LogP contribution in [0.15, 0.2) is 16.5 Å². The molecule has 0 aromatic carbocycles. The number of hydrogen-bond acceptors (Lipinski definition) is 5. The molecule has 0 radical (unpaired) electrons. The van der Waals surface area contributed by atoms with Crippen LogP contribution >= 0.6 is 0 Å². The number of carbonyl (C=O) groups excluding carboxylic acids is 2. The monoisotopic (exact) mass is 266 g/mol. The molecule has 1 aliphatic heterocycles. The van der Waals surface area contributed by atoms with Crippen LogP contribution in [0, 0.1) is 0 Å². The Balaban J connectivity index is 2.06. The lowest BCUT2D eigenvalue weighted by Gasteiger charge is -2.25. The van der Waals surface area contributed by atoms with Crippen molar-refractivity contribution in [1.29, 1.82) is 0 Å². The first-order valence-electron chi connectivity index (χ1n) is 6.30. The molecule has 1 saturated heterocycles. The number of methoxy groups -OCH3 is 1. The highest BCUT2D eigenvalue weighted by molar-refractivity contribution is 5.86. The summed E-state index contributed by atoms with van der Waals surface area (Å²) >= 11 is 0. The number of hydrogen-bond donors (Lipinski definition) is 1. The minimum Gasteiger partial charge on any atom is -0.463 e. The zero-order chi connectivity index (χ0) is 13.8. The molecule has 1 atom stereocenters. The van der Waals surface area contributed by atoms with Crippen LogP contribution in [-0.2, 0) is 9.53 Å². The summed E-state index contributed by atoms with van der Waals surface area (Å²) in [6.07, 6.45) is 0.481. The summed E-state index contributed by atoms with van der Waals surface area (Å²) in [6.45, 7) is 4.08.